The Labute approximate surface area is 181 Å². The van der Waals surface area contributed by atoms with Gasteiger partial charge in [0.25, 0.3) is 10.0 Å². The molecule has 0 aromatic heterocycles. The molecule has 0 saturated heterocycles. The van der Waals surface area contributed by atoms with Crippen molar-refractivity contribution in [3.63, 3.8) is 0 Å². The third kappa shape index (κ3) is 4.85. The van der Waals surface area contributed by atoms with Gasteiger partial charge >= 0.3 is 5.97 Å². The van der Waals surface area contributed by atoms with Crippen LogP contribution in [0.1, 0.15) is 21.5 Å². The second kappa shape index (κ2) is 9.32. The fourth-order valence-electron chi connectivity index (χ4n) is 2.85. The van der Waals surface area contributed by atoms with Crippen LogP contribution in [0.4, 0.5) is 5.69 Å². The number of benzene rings is 3. The quantitative estimate of drug-likeness (QED) is 0.524. The van der Waals surface area contributed by atoms with Gasteiger partial charge in [0.05, 0.1) is 34.9 Å². The highest BCUT2D eigenvalue weighted by atomic mass is 32.2. The van der Waals surface area contributed by atoms with Crippen molar-refractivity contribution in [1.29, 1.82) is 5.26 Å². The summed E-state index contributed by atoms with van der Waals surface area (Å²) < 4.78 is 37.6. The van der Waals surface area contributed by atoms with Gasteiger partial charge < -0.3 is 9.47 Å². The summed E-state index contributed by atoms with van der Waals surface area (Å²) in [6.45, 7) is 0.0428. The zero-order valence-electron chi connectivity index (χ0n) is 17.0. The smallest absolute Gasteiger partial charge is 0.338 e. The summed E-state index contributed by atoms with van der Waals surface area (Å²) in [7, 11) is -0.947. The van der Waals surface area contributed by atoms with E-state index in [-0.39, 0.29) is 17.1 Å². The number of hydrogen-bond acceptors (Lipinski definition) is 6. The van der Waals surface area contributed by atoms with Crippen LogP contribution in [-0.2, 0) is 21.4 Å². The molecule has 3 rings (SSSR count). The number of esters is 1. The molecule has 3 aromatic rings. The zero-order valence-corrected chi connectivity index (χ0v) is 17.8. The Morgan fingerprint density at radius 1 is 1.00 bits per heavy atom. The lowest BCUT2D eigenvalue weighted by Crippen LogP contribution is -2.27. The van der Waals surface area contributed by atoms with E-state index < -0.39 is 16.0 Å². The van der Waals surface area contributed by atoms with E-state index >= 15 is 0 Å². The number of hydrogen-bond donors (Lipinski definition) is 0. The monoisotopic (exact) mass is 436 g/mol. The number of ether oxygens (including phenoxy) is 2. The summed E-state index contributed by atoms with van der Waals surface area (Å²) in [6, 6.07) is 21.0. The highest BCUT2D eigenvalue weighted by Crippen LogP contribution is 2.30. The number of nitrogens with zero attached hydrogens (tertiary/aromatic N) is 2. The first-order chi connectivity index (χ1) is 14.9. The highest BCUT2D eigenvalue weighted by molar-refractivity contribution is 7.92. The van der Waals surface area contributed by atoms with Crippen LogP contribution in [0.15, 0.2) is 77.7 Å². The van der Waals surface area contributed by atoms with Gasteiger partial charge in [0.15, 0.2) is 0 Å². The molecule has 0 N–H and O–H groups in total. The molecule has 0 heterocycles. The minimum Gasteiger partial charge on any atom is -0.495 e. The van der Waals surface area contributed by atoms with E-state index in [4.69, 9.17) is 14.7 Å². The Morgan fingerprint density at radius 3 is 2.26 bits per heavy atom. The van der Waals surface area contributed by atoms with E-state index in [9.17, 15) is 13.2 Å². The van der Waals surface area contributed by atoms with E-state index in [1.807, 2.05) is 6.07 Å². The van der Waals surface area contributed by atoms with Crippen LogP contribution in [0.25, 0.3) is 0 Å². The number of nitriles is 1. The number of carbonyl (C=O) groups excluding carboxylic acids is 1. The predicted octanol–water partition coefficient (Wildman–Crippen LogP) is 3.75. The number of rotatable bonds is 7. The van der Waals surface area contributed by atoms with Crippen LogP contribution in [0.5, 0.6) is 5.75 Å². The van der Waals surface area contributed by atoms with E-state index in [1.54, 1.807) is 48.5 Å². The molecule has 3 aromatic carbocycles. The van der Waals surface area contributed by atoms with Crippen LogP contribution in [0.2, 0.25) is 0 Å². The standard InChI is InChI=1S/C23H20N2O5S/c1-25(21-5-3-4-6-22(21)29-2)31(27,28)20-13-11-19(12-14-20)23(26)30-16-18-9-7-17(15-24)8-10-18/h3-14H,16H2,1-2H3. The van der Waals surface area contributed by atoms with Gasteiger partial charge in [-0.05, 0) is 54.1 Å². The molecule has 0 aliphatic carbocycles. The van der Waals surface area contributed by atoms with Gasteiger partial charge in [-0.15, -0.1) is 0 Å². The zero-order chi connectivity index (χ0) is 22.4. The predicted molar refractivity (Wildman–Crippen MR) is 115 cm³/mol. The molecule has 0 unspecified atom stereocenters. The number of carbonyl (C=O) groups is 1. The highest BCUT2D eigenvalue weighted by Gasteiger charge is 2.24. The van der Waals surface area contributed by atoms with E-state index in [0.29, 0.717) is 17.0 Å². The first-order valence-corrected chi connectivity index (χ1v) is 10.7. The average molecular weight is 436 g/mol. The van der Waals surface area contributed by atoms with Crippen LogP contribution in [0, 0.1) is 11.3 Å². The second-order valence-corrected chi connectivity index (χ2v) is 8.52. The topological polar surface area (TPSA) is 96.7 Å². The number of sulfonamides is 1. The molecule has 0 aliphatic heterocycles. The maximum absolute atomic E-state index is 13.0. The van der Waals surface area contributed by atoms with Gasteiger partial charge in [0.2, 0.25) is 0 Å². The van der Waals surface area contributed by atoms with Crippen molar-refractivity contribution < 1.29 is 22.7 Å². The summed E-state index contributed by atoms with van der Waals surface area (Å²) in [5.41, 5.74) is 1.89. The summed E-state index contributed by atoms with van der Waals surface area (Å²) in [5, 5.41) is 8.81. The summed E-state index contributed by atoms with van der Waals surface area (Å²) in [5.74, 6) is -0.150. The molecule has 31 heavy (non-hydrogen) atoms. The van der Waals surface area contributed by atoms with Crippen molar-refractivity contribution in [3.8, 4) is 11.8 Å². The van der Waals surface area contributed by atoms with Gasteiger partial charge in [0.1, 0.15) is 12.4 Å². The number of para-hydroxylation sites is 2. The molecular weight excluding hydrogens is 416 g/mol. The van der Waals surface area contributed by atoms with E-state index in [1.165, 1.54) is 38.4 Å². The van der Waals surface area contributed by atoms with Gasteiger partial charge in [-0.3, -0.25) is 4.31 Å². The molecule has 158 valence electrons. The molecule has 0 aliphatic rings. The molecule has 0 saturated carbocycles. The fraction of sp³-hybridized carbons (Fsp3) is 0.130. The van der Waals surface area contributed by atoms with Crippen molar-refractivity contribution in [3.05, 3.63) is 89.5 Å². The Hall–Kier alpha value is -3.83. The normalized spacial score (nSPS) is 10.7. The van der Waals surface area contributed by atoms with Crippen molar-refractivity contribution >= 4 is 21.7 Å². The van der Waals surface area contributed by atoms with Crippen molar-refractivity contribution in [2.75, 3.05) is 18.5 Å². The van der Waals surface area contributed by atoms with Crippen LogP contribution in [-0.4, -0.2) is 28.5 Å². The molecular formula is C23H20N2O5S. The summed E-state index contributed by atoms with van der Waals surface area (Å²) >= 11 is 0. The SMILES string of the molecule is COc1ccccc1N(C)S(=O)(=O)c1ccc(C(=O)OCc2ccc(C#N)cc2)cc1. The Bertz CT molecular complexity index is 1210. The van der Waals surface area contributed by atoms with Crippen molar-refractivity contribution in [1.82, 2.24) is 0 Å². The molecule has 0 atom stereocenters. The van der Waals surface area contributed by atoms with Crippen molar-refractivity contribution in [2.45, 2.75) is 11.5 Å². The first-order valence-electron chi connectivity index (χ1n) is 9.25. The third-order valence-corrected chi connectivity index (χ3v) is 6.41. The summed E-state index contributed by atoms with van der Waals surface area (Å²) in [4.78, 5) is 12.3. The lowest BCUT2D eigenvalue weighted by molar-refractivity contribution is 0.0472. The van der Waals surface area contributed by atoms with Gasteiger partial charge in [-0.25, -0.2) is 13.2 Å². The minimum absolute atomic E-state index is 0.0320. The van der Waals surface area contributed by atoms with Gasteiger partial charge in [0, 0.05) is 7.05 Å². The van der Waals surface area contributed by atoms with Gasteiger partial charge in [-0.2, -0.15) is 5.26 Å². The Balaban J connectivity index is 1.72. The van der Waals surface area contributed by atoms with Gasteiger partial charge in [-0.1, -0.05) is 24.3 Å². The lowest BCUT2D eigenvalue weighted by atomic mass is 10.1. The molecule has 0 spiro atoms. The maximum atomic E-state index is 13.0. The number of methoxy groups -OCH3 is 1. The molecule has 7 nitrogen and oxygen atoms in total. The largest absolute Gasteiger partial charge is 0.495 e. The Morgan fingerprint density at radius 2 is 1.65 bits per heavy atom. The Kier molecular flexibility index (Phi) is 6.58. The minimum atomic E-state index is -3.85. The fourth-order valence-corrected chi connectivity index (χ4v) is 4.05. The van der Waals surface area contributed by atoms with E-state index in [0.717, 1.165) is 9.87 Å². The molecule has 0 fully saturated rings. The molecule has 8 heteroatoms. The van der Waals surface area contributed by atoms with Crippen LogP contribution < -0.4 is 9.04 Å². The maximum Gasteiger partial charge on any atom is 0.338 e. The average Bonchev–Trinajstić information content (AvgIpc) is 2.82. The van der Waals surface area contributed by atoms with Crippen LogP contribution >= 0.6 is 0 Å². The van der Waals surface area contributed by atoms with Crippen LogP contribution in [0.3, 0.4) is 0 Å². The first kappa shape index (κ1) is 21.9. The molecule has 0 radical (unpaired) electrons. The third-order valence-electron chi connectivity index (χ3n) is 4.63. The second-order valence-electron chi connectivity index (χ2n) is 6.55. The van der Waals surface area contributed by atoms with E-state index in [2.05, 4.69) is 0 Å². The summed E-state index contributed by atoms with van der Waals surface area (Å²) in [6.07, 6.45) is 0. The lowest BCUT2D eigenvalue weighted by Gasteiger charge is -2.21. The molecule has 0 amide bonds. The van der Waals surface area contributed by atoms with Crippen molar-refractivity contribution in [2.24, 2.45) is 0 Å². The number of anilines is 1. The molecule has 0 bridgehead atoms.